The van der Waals surface area contributed by atoms with Crippen LogP contribution in [0, 0.1) is 0 Å². The van der Waals surface area contributed by atoms with Crippen LogP contribution in [0.4, 0.5) is 0 Å². The van der Waals surface area contributed by atoms with Gasteiger partial charge in [-0.2, -0.15) is 0 Å². The van der Waals surface area contributed by atoms with Crippen LogP contribution < -0.4 is 21.3 Å². The highest BCUT2D eigenvalue weighted by molar-refractivity contribution is 5.89. The van der Waals surface area contributed by atoms with E-state index in [0.29, 0.717) is 25.9 Å². The molecule has 0 saturated heterocycles. The summed E-state index contributed by atoms with van der Waals surface area (Å²) in [4.78, 5) is 57.2. The van der Waals surface area contributed by atoms with E-state index in [2.05, 4.69) is 21.3 Å². The summed E-state index contributed by atoms with van der Waals surface area (Å²) in [5.41, 5.74) is 0. The summed E-state index contributed by atoms with van der Waals surface area (Å²) in [5, 5.41) is 9.78. The van der Waals surface area contributed by atoms with Gasteiger partial charge in [-0.25, -0.2) is 0 Å². The smallest absolute Gasteiger partial charge is 0.242 e. The van der Waals surface area contributed by atoms with Crippen molar-refractivity contribution in [3.05, 3.63) is 0 Å². The Balaban J connectivity index is 3.93. The predicted octanol–water partition coefficient (Wildman–Crippen LogP) is -2.66. The zero-order chi connectivity index (χ0) is 18.4. The monoisotopic (exact) mass is 343 g/mol. The van der Waals surface area contributed by atoms with Crippen LogP contribution in [0.1, 0.15) is 19.8 Å². The SMILES string of the molecule is CCNC(=O)CNC(=O)CN(C)C(=O)CNC(=O)CCCNC=O. The minimum atomic E-state index is -0.469. The lowest BCUT2D eigenvalue weighted by Gasteiger charge is -2.17. The normalized spacial score (nSPS) is 9.58. The second-order valence-corrected chi connectivity index (χ2v) is 4.93. The maximum Gasteiger partial charge on any atom is 0.242 e. The Hall–Kier alpha value is -2.65. The van der Waals surface area contributed by atoms with Crippen LogP contribution in [-0.4, -0.2) is 74.7 Å². The molecule has 0 fully saturated rings. The van der Waals surface area contributed by atoms with Crippen LogP contribution in [0.2, 0.25) is 0 Å². The highest BCUT2D eigenvalue weighted by Gasteiger charge is 2.14. The molecule has 0 bridgehead atoms. The van der Waals surface area contributed by atoms with Gasteiger partial charge in [-0.15, -0.1) is 0 Å². The lowest BCUT2D eigenvalue weighted by atomic mass is 10.3. The van der Waals surface area contributed by atoms with Crippen LogP contribution in [0.3, 0.4) is 0 Å². The first kappa shape index (κ1) is 21.4. The Morgan fingerprint density at radius 2 is 1.62 bits per heavy atom. The van der Waals surface area contributed by atoms with Gasteiger partial charge < -0.3 is 26.2 Å². The van der Waals surface area contributed by atoms with Gasteiger partial charge in [0.2, 0.25) is 30.0 Å². The van der Waals surface area contributed by atoms with Crippen molar-refractivity contribution in [1.29, 1.82) is 0 Å². The number of likely N-dealkylation sites (N-methyl/N-ethyl adjacent to an activating group) is 2. The Kier molecular flexibility index (Phi) is 11.4. The van der Waals surface area contributed by atoms with Crippen LogP contribution in [0.5, 0.6) is 0 Å². The summed E-state index contributed by atoms with van der Waals surface area (Å²) in [7, 11) is 1.42. The summed E-state index contributed by atoms with van der Waals surface area (Å²) in [6.45, 7) is 2.03. The zero-order valence-corrected chi connectivity index (χ0v) is 14.0. The molecule has 0 heterocycles. The Bertz CT molecular complexity index is 455. The molecule has 0 rings (SSSR count). The van der Waals surface area contributed by atoms with E-state index < -0.39 is 11.8 Å². The maximum absolute atomic E-state index is 11.8. The molecule has 0 radical (unpaired) electrons. The Morgan fingerprint density at radius 1 is 0.958 bits per heavy atom. The lowest BCUT2D eigenvalue weighted by molar-refractivity contribution is -0.135. The molecule has 5 amide bonds. The van der Waals surface area contributed by atoms with Gasteiger partial charge in [-0.1, -0.05) is 0 Å². The van der Waals surface area contributed by atoms with Crippen molar-refractivity contribution in [3.63, 3.8) is 0 Å². The average molecular weight is 343 g/mol. The molecule has 0 saturated carbocycles. The van der Waals surface area contributed by atoms with Gasteiger partial charge in [-0.05, 0) is 13.3 Å². The molecule has 136 valence electrons. The van der Waals surface area contributed by atoms with Crippen molar-refractivity contribution in [1.82, 2.24) is 26.2 Å². The largest absolute Gasteiger partial charge is 0.359 e. The lowest BCUT2D eigenvalue weighted by Crippen LogP contribution is -2.45. The number of hydrogen-bond donors (Lipinski definition) is 4. The van der Waals surface area contributed by atoms with Crippen molar-refractivity contribution < 1.29 is 24.0 Å². The van der Waals surface area contributed by atoms with Crippen molar-refractivity contribution in [2.75, 3.05) is 39.8 Å². The van der Waals surface area contributed by atoms with E-state index in [1.165, 1.54) is 7.05 Å². The molecule has 24 heavy (non-hydrogen) atoms. The fourth-order valence-corrected chi connectivity index (χ4v) is 1.61. The third-order valence-electron chi connectivity index (χ3n) is 2.87. The molecule has 0 aliphatic heterocycles. The van der Waals surface area contributed by atoms with Crippen LogP contribution in [0.15, 0.2) is 0 Å². The van der Waals surface area contributed by atoms with Gasteiger partial charge >= 0.3 is 0 Å². The number of nitrogens with zero attached hydrogens (tertiary/aromatic N) is 1. The molecule has 0 atom stereocenters. The standard InChI is InChI=1S/C14H25N5O5/c1-3-16-12(22)7-17-13(23)9-19(2)14(24)8-18-11(21)5-4-6-15-10-20/h10H,3-9H2,1-2H3,(H,15,20)(H,16,22)(H,17,23)(H,18,21). The summed E-state index contributed by atoms with van der Waals surface area (Å²) in [6.07, 6.45) is 1.20. The van der Waals surface area contributed by atoms with E-state index in [1.54, 1.807) is 6.92 Å². The molecular weight excluding hydrogens is 318 g/mol. The molecule has 0 aromatic carbocycles. The topological polar surface area (TPSA) is 137 Å². The highest BCUT2D eigenvalue weighted by Crippen LogP contribution is 1.88. The number of nitrogens with one attached hydrogen (secondary N) is 4. The van der Waals surface area contributed by atoms with E-state index in [0.717, 1.165) is 4.90 Å². The molecule has 10 heteroatoms. The van der Waals surface area contributed by atoms with Crippen molar-refractivity contribution in [3.8, 4) is 0 Å². The van der Waals surface area contributed by atoms with Crippen LogP contribution >= 0.6 is 0 Å². The van der Waals surface area contributed by atoms with E-state index in [-0.39, 0.29) is 37.9 Å². The summed E-state index contributed by atoms with van der Waals surface area (Å²) >= 11 is 0. The highest BCUT2D eigenvalue weighted by atomic mass is 16.2. The number of carbonyl (C=O) groups is 5. The minimum Gasteiger partial charge on any atom is -0.359 e. The first-order valence-electron chi connectivity index (χ1n) is 7.61. The van der Waals surface area contributed by atoms with E-state index in [4.69, 9.17) is 0 Å². The quantitative estimate of drug-likeness (QED) is 0.226. The van der Waals surface area contributed by atoms with Gasteiger partial charge in [0.15, 0.2) is 0 Å². The van der Waals surface area contributed by atoms with Gasteiger partial charge in [-0.3, -0.25) is 24.0 Å². The number of hydrogen-bond acceptors (Lipinski definition) is 5. The third-order valence-corrected chi connectivity index (χ3v) is 2.87. The molecule has 0 aromatic rings. The molecule has 0 aliphatic carbocycles. The molecule has 0 spiro atoms. The summed E-state index contributed by atoms with van der Waals surface area (Å²) in [6, 6.07) is 0. The Labute approximate surface area is 140 Å². The predicted molar refractivity (Wildman–Crippen MR) is 85.6 cm³/mol. The average Bonchev–Trinajstić information content (AvgIpc) is 2.55. The maximum atomic E-state index is 11.8. The van der Waals surface area contributed by atoms with Gasteiger partial charge in [0.05, 0.1) is 19.6 Å². The first-order chi connectivity index (χ1) is 11.4. The molecule has 4 N–H and O–H groups in total. The van der Waals surface area contributed by atoms with E-state index in [1.807, 2.05) is 0 Å². The second-order valence-electron chi connectivity index (χ2n) is 4.93. The molecule has 0 unspecified atom stereocenters. The van der Waals surface area contributed by atoms with Gasteiger partial charge in [0.1, 0.15) is 0 Å². The van der Waals surface area contributed by atoms with Crippen molar-refractivity contribution in [2.45, 2.75) is 19.8 Å². The minimum absolute atomic E-state index is 0.153. The second kappa shape index (κ2) is 12.9. The fourth-order valence-electron chi connectivity index (χ4n) is 1.61. The van der Waals surface area contributed by atoms with E-state index >= 15 is 0 Å². The number of rotatable bonds is 12. The third kappa shape index (κ3) is 11.0. The number of carbonyl (C=O) groups excluding carboxylic acids is 5. The fraction of sp³-hybridized carbons (Fsp3) is 0.643. The Morgan fingerprint density at radius 3 is 2.25 bits per heavy atom. The molecular formula is C14H25N5O5. The van der Waals surface area contributed by atoms with Gasteiger partial charge in [0.25, 0.3) is 0 Å². The van der Waals surface area contributed by atoms with Crippen LogP contribution in [0.25, 0.3) is 0 Å². The summed E-state index contributed by atoms with van der Waals surface area (Å²) in [5.74, 6) is -1.52. The van der Waals surface area contributed by atoms with Crippen molar-refractivity contribution >= 4 is 30.0 Å². The van der Waals surface area contributed by atoms with Crippen molar-refractivity contribution in [2.24, 2.45) is 0 Å². The van der Waals surface area contributed by atoms with Gasteiger partial charge in [0, 0.05) is 26.6 Å². The van der Waals surface area contributed by atoms with E-state index in [9.17, 15) is 24.0 Å². The summed E-state index contributed by atoms with van der Waals surface area (Å²) < 4.78 is 0. The number of amides is 5. The molecule has 0 aromatic heterocycles. The molecule has 0 aliphatic rings. The zero-order valence-electron chi connectivity index (χ0n) is 14.0. The molecule has 10 nitrogen and oxygen atoms in total. The first-order valence-corrected chi connectivity index (χ1v) is 7.61. The van der Waals surface area contributed by atoms with Crippen LogP contribution in [-0.2, 0) is 24.0 Å².